The molecule has 0 unspecified atom stereocenters. The lowest BCUT2D eigenvalue weighted by molar-refractivity contribution is 1.34. The van der Waals surface area contributed by atoms with E-state index in [0.29, 0.717) is 0 Å². The van der Waals surface area contributed by atoms with Gasteiger partial charge in [-0.2, -0.15) is 8.75 Å². The Kier molecular flexibility index (Phi) is 2.45. The van der Waals surface area contributed by atoms with Gasteiger partial charge in [-0.1, -0.05) is 24.3 Å². The molecule has 3 rings (SSSR count). The summed E-state index contributed by atoms with van der Waals surface area (Å²) >= 11 is 1.20. The van der Waals surface area contributed by atoms with Crippen LogP contribution < -0.4 is 5.32 Å². The molecule has 0 aliphatic rings. The maximum atomic E-state index is 4.34. The van der Waals surface area contributed by atoms with Crippen molar-refractivity contribution in [1.29, 1.82) is 0 Å². The summed E-state index contributed by atoms with van der Waals surface area (Å²) in [5, 5.41) is 5.30. The van der Waals surface area contributed by atoms with Crippen LogP contribution >= 0.6 is 11.7 Å². The van der Waals surface area contributed by atoms with Crippen LogP contribution in [0.4, 0.5) is 5.82 Å². The fraction of sp³-hybridized carbons (Fsp3) is 0.0833. The van der Waals surface area contributed by atoms with Crippen molar-refractivity contribution in [2.45, 2.75) is 0 Å². The van der Waals surface area contributed by atoms with Crippen molar-refractivity contribution in [2.24, 2.45) is 0 Å². The minimum absolute atomic E-state index is 0.799. The number of pyridine rings is 1. The van der Waals surface area contributed by atoms with Gasteiger partial charge in [0.2, 0.25) is 0 Å². The lowest BCUT2D eigenvalue weighted by Gasteiger charge is -2.04. The molecule has 2 heterocycles. The van der Waals surface area contributed by atoms with Crippen molar-refractivity contribution >= 4 is 28.3 Å². The molecule has 5 heteroatoms. The minimum Gasteiger partial charge on any atom is -0.370 e. The van der Waals surface area contributed by atoms with Gasteiger partial charge in [0.1, 0.15) is 5.69 Å². The first-order chi connectivity index (χ1) is 8.40. The Balaban J connectivity index is 2.31. The number of fused-ring (bicyclic) bond motifs is 1. The second-order valence-electron chi connectivity index (χ2n) is 3.62. The van der Waals surface area contributed by atoms with E-state index in [2.05, 4.69) is 25.1 Å². The topological polar surface area (TPSA) is 50.7 Å². The van der Waals surface area contributed by atoms with Crippen molar-refractivity contribution in [3.05, 3.63) is 36.7 Å². The van der Waals surface area contributed by atoms with Gasteiger partial charge < -0.3 is 5.32 Å². The SMILES string of the molecule is CNc1nsnc1-c1cncc2ccccc12. The largest absolute Gasteiger partial charge is 0.370 e. The van der Waals surface area contributed by atoms with Gasteiger partial charge in [0, 0.05) is 30.4 Å². The van der Waals surface area contributed by atoms with Gasteiger partial charge in [0.15, 0.2) is 5.82 Å². The summed E-state index contributed by atoms with van der Waals surface area (Å²) in [6.45, 7) is 0. The van der Waals surface area contributed by atoms with Gasteiger partial charge in [-0.3, -0.25) is 4.98 Å². The van der Waals surface area contributed by atoms with E-state index in [1.54, 1.807) is 0 Å². The molecule has 1 aromatic carbocycles. The maximum Gasteiger partial charge on any atom is 0.167 e. The first-order valence-electron chi connectivity index (χ1n) is 5.23. The zero-order valence-electron chi connectivity index (χ0n) is 9.21. The van der Waals surface area contributed by atoms with E-state index in [4.69, 9.17) is 0 Å². The molecule has 0 saturated heterocycles. The van der Waals surface area contributed by atoms with Gasteiger partial charge in [-0.25, -0.2) is 0 Å². The summed E-state index contributed by atoms with van der Waals surface area (Å²) in [5.41, 5.74) is 1.88. The van der Waals surface area contributed by atoms with Crippen LogP contribution in [0.5, 0.6) is 0 Å². The summed E-state index contributed by atoms with van der Waals surface area (Å²) in [5.74, 6) is 0.799. The Labute approximate surface area is 103 Å². The van der Waals surface area contributed by atoms with Crippen LogP contribution in [-0.2, 0) is 0 Å². The van der Waals surface area contributed by atoms with E-state index in [9.17, 15) is 0 Å². The third-order valence-electron chi connectivity index (χ3n) is 2.65. The van der Waals surface area contributed by atoms with Crippen LogP contribution in [0.3, 0.4) is 0 Å². The third kappa shape index (κ3) is 1.64. The molecule has 0 spiro atoms. The summed E-state index contributed by atoms with van der Waals surface area (Å²) in [6, 6.07) is 8.15. The predicted molar refractivity (Wildman–Crippen MR) is 70.2 cm³/mol. The van der Waals surface area contributed by atoms with Crippen LogP contribution in [0.15, 0.2) is 36.7 Å². The molecule has 0 bridgehead atoms. The molecular weight excluding hydrogens is 232 g/mol. The molecule has 0 saturated carbocycles. The van der Waals surface area contributed by atoms with Crippen molar-refractivity contribution in [3.8, 4) is 11.3 Å². The van der Waals surface area contributed by atoms with Crippen molar-refractivity contribution in [2.75, 3.05) is 12.4 Å². The molecule has 3 aromatic rings. The highest BCUT2D eigenvalue weighted by atomic mass is 32.1. The quantitative estimate of drug-likeness (QED) is 0.750. The molecule has 1 N–H and O–H groups in total. The maximum absolute atomic E-state index is 4.34. The molecule has 0 atom stereocenters. The highest BCUT2D eigenvalue weighted by Gasteiger charge is 2.12. The molecule has 0 amide bonds. The highest BCUT2D eigenvalue weighted by molar-refractivity contribution is 6.99. The van der Waals surface area contributed by atoms with E-state index >= 15 is 0 Å². The Morgan fingerprint density at radius 3 is 2.88 bits per heavy atom. The Morgan fingerprint density at radius 1 is 1.12 bits per heavy atom. The van der Waals surface area contributed by atoms with Gasteiger partial charge in [-0.05, 0) is 5.39 Å². The first kappa shape index (κ1) is 10.2. The van der Waals surface area contributed by atoms with Crippen LogP contribution in [0, 0.1) is 0 Å². The fourth-order valence-corrected chi connectivity index (χ4v) is 2.40. The van der Waals surface area contributed by atoms with E-state index in [1.807, 2.05) is 37.6 Å². The van der Waals surface area contributed by atoms with Crippen LogP contribution in [0.1, 0.15) is 0 Å². The number of nitrogens with zero attached hydrogens (tertiary/aromatic N) is 3. The zero-order chi connectivity index (χ0) is 11.7. The van der Waals surface area contributed by atoms with E-state index in [-0.39, 0.29) is 0 Å². The van der Waals surface area contributed by atoms with E-state index in [0.717, 1.165) is 27.8 Å². The van der Waals surface area contributed by atoms with Crippen molar-refractivity contribution < 1.29 is 0 Å². The van der Waals surface area contributed by atoms with E-state index in [1.165, 1.54) is 11.7 Å². The zero-order valence-corrected chi connectivity index (χ0v) is 10.0. The van der Waals surface area contributed by atoms with Gasteiger partial charge in [-0.15, -0.1) is 0 Å². The number of anilines is 1. The van der Waals surface area contributed by atoms with E-state index < -0.39 is 0 Å². The molecule has 84 valence electrons. The van der Waals surface area contributed by atoms with Crippen molar-refractivity contribution in [1.82, 2.24) is 13.7 Å². The number of aromatic nitrogens is 3. The second-order valence-corrected chi connectivity index (χ2v) is 4.15. The van der Waals surface area contributed by atoms with Crippen molar-refractivity contribution in [3.63, 3.8) is 0 Å². The molecule has 2 aromatic heterocycles. The highest BCUT2D eigenvalue weighted by Crippen LogP contribution is 2.30. The number of hydrogen-bond donors (Lipinski definition) is 1. The summed E-state index contributed by atoms with van der Waals surface area (Å²) in [7, 11) is 1.85. The van der Waals surface area contributed by atoms with Gasteiger partial charge in [0.25, 0.3) is 0 Å². The summed E-state index contributed by atoms with van der Waals surface area (Å²) < 4.78 is 8.54. The smallest absolute Gasteiger partial charge is 0.167 e. The monoisotopic (exact) mass is 242 g/mol. The molecular formula is C12H10N4S. The normalized spacial score (nSPS) is 10.6. The predicted octanol–water partition coefficient (Wildman–Crippen LogP) is 2.80. The molecule has 17 heavy (non-hydrogen) atoms. The second kappa shape index (κ2) is 4.10. The lowest BCUT2D eigenvalue weighted by Crippen LogP contribution is -1.92. The Morgan fingerprint density at radius 2 is 2.00 bits per heavy atom. The fourth-order valence-electron chi connectivity index (χ4n) is 1.83. The molecule has 0 fully saturated rings. The third-order valence-corrected chi connectivity index (χ3v) is 3.18. The average molecular weight is 242 g/mol. The van der Waals surface area contributed by atoms with Gasteiger partial charge in [0.05, 0.1) is 11.7 Å². The lowest BCUT2D eigenvalue weighted by atomic mass is 10.1. The number of nitrogens with one attached hydrogen (secondary N) is 1. The Bertz CT molecular complexity index is 657. The molecule has 0 aliphatic heterocycles. The Hall–Kier alpha value is -2.01. The number of benzene rings is 1. The molecule has 0 aliphatic carbocycles. The van der Waals surface area contributed by atoms with Gasteiger partial charge >= 0.3 is 0 Å². The van der Waals surface area contributed by atoms with Crippen LogP contribution in [0.2, 0.25) is 0 Å². The standard InChI is InChI=1S/C12H10N4S/c1-13-12-11(15-17-16-12)10-7-14-6-8-4-2-3-5-9(8)10/h2-7H,1H3,(H,13,16). The number of rotatable bonds is 2. The molecule has 4 nitrogen and oxygen atoms in total. The van der Waals surface area contributed by atoms with Crippen LogP contribution in [0.25, 0.3) is 22.0 Å². The minimum atomic E-state index is 0.799. The summed E-state index contributed by atoms with van der Waals surface area (Å²) in [4.78, 5) is 4.25. The van der Waals surface area contributed by atoms with Crippen LogP contribution in [-0.4, -0.2) is 20.8 Å². The summed E-state index contributed by atoms with van der Waals surface area (Å²) in [6.07, 6.45) is 3.69. The average Bonchev–Trinajstić information content (AvgIpc) is 2.86. The number of hydrogen-bond acceptors (Lipinski definition) is 5. The first-order valence-corrected chi connectivity index (χ1v) is 5.96. The molecule has 0 radical (unpaired) electrons.